The average molecular weight is 296 g/mol. The number of para-hydroxylation sites is 1. The maximum Gasteiger partial charge on any atom is 0.198 e. The van der Waals surface area contributed by atoms with Gasteiger partial charge in [0.25, 0.3) is 0 Å². The van der Waals surface area contributed by atoms with E-state index in [0.29, 0.717) is 5.02 Å². The SMILES string of the molecule is COc1ccccc1-c1n[c]ncc1-c1ccc(Cl)cc1. The normalized spacial score (nSPS) is 10.4. The molecular formula is C17H12ClN2O. The fourth-order valence-corrected chi connectivity index (χ4v) is 2.31. The molecule has 3 nitrogen and oxygen atoms in total. The van der Waals surface area contributed by atoms with Crippen molar-refractivity contribution in [3.05, 3.63) is 66.1 Å². The van der Waals surface area contributed by atoms with E-state index in [0.717, 1.165) is 28.1 Å². The minimum Gasteiger partial charge on any atom is -0.496 e. The van der Waals surface area contributed by atoms with Crippen LogP contribution < -0.4 is 4.74 Å². The van der Waals surface area contributed by atoms with Gasteiger partial charge in [-0.1, -0.05) is 35.9 Å². The van der Waals surface area contributed by atoms with E-state index < -0.39 is 0 Å². The van der Waals surface area contributed by atoms with E-state index in [9.17, 15) is 0 Å². The minimum absolute atomic E-state index is 0.695. The third kappa shape index (κ3) is 2.73. The zero-order valence-corrected chi connectivity index (χ0v) is 12.1. The van der Waals surface area contributed by atoms with E-state index in [1.807, 2.05) is 48.5 Å². The zero-order valence-electron chi connectivity index (χ0n) is 11.4. The van der Waals surface area contributed by atoms with E-state index in [4.69, 9.17) is 16.3 Å². The van der Waals surface area contributed by atoms with Crippen molar-refractivity contribution in [1.82, 2.24) is 9.97 Å². The molecule has 0 saturated heterocycles. The van der Waals surface area contributed by atoms with Gasteiger partial charge in [0.1, 0.15) is 5.75 Å². The van der Waals surface area contributed by atoms with Gasteiger partial charge >= 0.3 is 0 Å². The summed E-state index contributed by atoms with van der Waals surface area (Å²) in [5.41, 5.74) is 3.59. The molecule has 0 aliphatic carbocycles. The largest absolute Gasteiger partial charge is 0.496 e. The van der Waals surface area contributed by atoms with Crippen molar-refractivity contribution in [3.63, 3.8) is 0 Å². The highest BCUT2D eigenvalue weighted by Crippen LogP contribution is 2.35. The lowest BCUT2D eigenvalue weighted by atomic mass is 10.0. The Bertz CT molecular complexity index is 757. The molecule has 2 aromatic carbocycles. The number of halogens is 1. The van der Waals surface area contributed by atoms with Crippen LogP contribution in [0.2, 0.25) is 5.02 Å². The first-order valence-corrected chi connectivity index (χ1v) is 6.80. The van der Waals surface area contributed by atoms with Crippen molar-refractivity contribution in [2.45, 2.75) is 0 Å². The van der Waals surface area contributed by atoms with E-state index in [1.165, 1.54) is 0 Å². The number of aromatic nitrogens is 2. The minimum atomic E-state index is 0.695. The maximum atomic E-state index is 5.95. The van der Waals surface area contributed by atoms with Gasteiger partial charge in [0.05, 0.1) is 12.8 Å². The molecule has 3 rings (SSSR count). The van der Waals surface area contributed by atoms with Crippen LogP contribution in [0.1, 0.15) is 0 Å². The predicted molar refractivity (Wildman–Crippen MR) is 83.3 cm³/mol. The highest BCUT2D eigenvalue weighted by Gasteiger charge is 2.13. The highest BCUT2D eigenvalue weighted by atomic mass is 35.5. The standard InChI is InChI=1S/C17H12ClN2O/c1-21-16-5-3-2-4-14(16)17-15(10-19-11-20-17)12-6-8-13(18)9-7-12/h2-10H,1H3. The quantitative estimate of drug-likeness (QED) is 0.723. The van der Waals surface area contributed by atoms with Crippen LogP contribution in [0.25, 0.3) is 22.4 Å². The Balaban J connectivity index is 2.18. The Labute approximate surface area is 128 Å². The van der Waals surface area contributed by atoms with Crippen LogP contribution in [0.5, 0.6) is 5.75 Å². The average Bonchev–Trinajstić information content (AvgIpc) is 2.55. The van der Waals surface area contributed by atoms with Crippen LogP contribution in [0.15, 0.2) is 54.7 Å². The van der Waals surface area contributed by atoms with Crippen molar-refractivity contribution < 1.29 is 4.74 Å². The lowest BCUT2D eigenvalue weighted by Gasteiger charge is -2.11. The topological polar surface area (TPSA) is 35.0 Å². The van der Waals surface area contributed by atoms with Crippen molar-refractivity contribution in [2.75, 3.05) is 7.11 Å². The highest BCUT2D eigenvalue weighted by molar-refractivity contribution is 6.30. The summed E-state index contributed by atoms with van der Waals surface area (Å²) in [5.74, 6) is 0.764. The fraction of sp³-hybridized carbons (Fsp3) is 0.0588. The summed E-state index contributed by atoms with van der Waals surface area (Å²) in [6.07, 6.45) is 4.40. The first kappa shape index (κ1) is 13.6. The zero-order chi connectivity index (χ0) is 14.7. The number of nitrogens with zero attached hydrogens (tertiary/aromatic N) is 2. The molecule has 1 aromatic heterocycles. The van der Waals surface area contributed by atoms with Crippen molar-refractivity contribution >= 4 is 11.6 Å². The Morgan fingerprint density at radius 2 is 1.76 bits per heavy atom. The van der Waals surface area contributed by atoms with Crippen LogP contribution in [0, 0.1) is 6.33 Å². The molecule has 0 saturated carbocycles. The summed E-state index contributed by atoms with van der Waals surface area (Å²) in [6, 6.07) is 15.3. The molecule has 0 spiro atoms. The molecule has 0 bridgehead atoms. The molecule has 0 aliphatic rings. The van der Waals surface area contributed by atoms with Crippen LogP contribution >= 0.6 is 11.6 Å². The monoisotopic (exact) mass is 295 g/mol. The summed E-state index contributed by atoms with van der Waals surface area (Å²) in [7, 11) is 1.64. The van der Waals surface area contributed by atoms with Crippen LogP contribution in [0.3, 0.4) is 0 Å². The van der Waals surface area contributed by atoms with Gasteiger partial charge in [0.2, 0.25) is 0 Å². The lowest BCUT2D eigenvalue weighted by molar-refractivity contribution is 0.416. The second-order valence-corrected chi connectivity index (χ2v) is 4.88. The van der Waals surface area contributed by atoms with Crippen LogP contribution in [0.4, 0.5) is 0 Å². The summed E-state index contributed by atoms with van der Waals surface area (Å²) in [4.78, 5) is 8.32. The summed E-state index contributed by atoms with van der Waals surface area (Å²) >= 11 is 5.95. The van der Waals surface area contributed by atoms with Crippen molar-refractivity contribution in [2.24, 2.45) is 0 Å². The van der Waals surface area contributed by atoms with E-state index in [1.54, 1.807) is 13.3 Å². The molecule has 3 aromatic rings. The smallest absolute Gasteiger partial charge is 0.198 e. The summed E-state index contributed by atoms with van der Waals surface area (Å²) in [5, 5.41) is 0.695. The van der Waals surface area contributed by atoms with Crippen molar-refractivity contribution in [1.29, 1.82) is 0 Å². The number of hydrogen-bond donors (Lipinski definition) is 0. The molecule has 0 atom stereocenters. The Morgan fingerprint density at radius 1 is 1.00 bits per heavy atom. The molecule has 0 unspecified atom stereocenters. The number of hydrogen-bond acceptors (Lipinski definition) is 3. The summed E-state index contributed by atoms with van der Waals surface area (Å²) < 4.78 is 5.41. The molecule has 0 amide bonds. The van der Waals surface area contributed by atoms with Gasteiger partial charge in [0.15, 0.2) is 6.33 Å². The van der Waals surface area contributed by atoms with E-state index in [-0.39, 0.29) is 0 Å². The van der Waals surface area contributed by atoms with E-state index in [2.05, 4.69) is 16.3 Å². The molecular weight excluding hydrogens is 284 g/mol. The number of ether oxygens (including phenoxy) is 1. The van der Waals surface area contributed by atoms with Gasteiger partial charge in [-0.15, -0.1) is 0 Å². The predicted octanol–water partition coefficient (Wildman–Crippen LogP) is 4.27. The Kier molecular flexibility index (Phi) is 3.84. The van der Waals surface area contributed by atoms with Crippen LogP contribution in [-0.4, -0.2) is 17.1 Å². The second-order valence-electron chi connectivity index (χ2n) is 4.44. The maximum absolute atomic E-state index is 5.95. The van der Waals surface area contributed by atoms with Gasteiger partial charge in [-0.25, -0.2) is 9.97 Å². The number of benzene rings is 2. The Morgan fingerprint density at radius 3 is 2.52 bits per heavy atom. The van der Waals surface area contributed by atoms with Gasteiger partial charge < -0.3 is 4.74 Å². The Hall–Kier alpha value is -2.39. The third-order valence-electron chi connectivity index (χ3n) is 3.19. The van der Waals surface area contributed by atoms with Gasteiger partial charge in [0, 0.05) is 22.3 Å². The van der Waals surface area contributed by atoms with E-state index >= 15 is 0 Å². The lowest BCUT2D eigenvalue weighted by Crippen LogP contribution is -1.94. The molecule has 1 radical (unpaired) electrons. The molecule has 0 N–H and O–H groups in total. The molecule has 0 aliphatic heterocycles. The van der Waals surface area contributed by atoms with Gasteiger partial charge in [-0.3, -0.25) is 0 Å². The fourth-order valence-electron chi connectivity index (χ4n) is 2.18. The first-order chi connectivity index (χ1) is 10.3. The third-order valence-corrected chi connectivity index (χ3v) is 3.44. The summed E-state index contributed by atoms with van der Waals surface area (Å²) in [6.45, 7) is 0. The second kappa shape index (κ2) is 5.94. The molecule has 21 heavy (non-hydrogen) atoms. The molecule has 1 heterocycles. The van der Waals surface area contributed by atoms with Crippen LogP contribution in [-0.2, 0) is 0 Å². The van der Waals surface area contributed by atoms with Gasteiger partial charge in [-0.2, -0.15) is 0 Å². The molecule has 103 valence electrons. The number of methoxy groups -OCH3 is 1. The first-order valence-electron chi connectivity index (χ1n) is 6.42. The molecule has 4 heteroatoms. The molecule has 0 fully saturated rings. The van der Waals surface area contributed by atoms with Crippen molar-refractivity contribution in [3.8, 4) is 28.1 Å². The number of rotatable bonds is 3. The van der Waals surface area contributed by atoms with Gasteiger partial charge in [-0.05, 0) is 29.8 Å².